The van der Waals surface area contributed by atoms with Crippen LogP contribution in [0.5, 0.6) is 11.5 Å². The number of hydrogen-bond donors (Lipinski definition) is 0. The predicted molar refractivity (Wildman–Crippen MR) is 111 cm³/mol. The van der Waals surface area contributed by atoms with Gasteiger partial charge in [-0.25, -0.2) is 0 Å². The maximum atomic E-state index is 12.7. The molecule has 0 radical (unpaired) electrons. The molecule has 3 heterocycles. The number of fused-ring (bicyclic) bond motifs is 1. The molecule has 160 valence electrons. The molecule has 0 bridgehead atoms. The third-order valence-corrected chi connectivity index (χ3v) is 6.29. The van der Waals surface area contributed by atoms with Gasteiger partial charge in [-0.3, -0.25) is 9.59 Å². The molecule has 2 amide bonds. The van der Waals surface area contributed by atoms with E-state index < -0.39 is 0 Å². The average Bonchev–Trinajstić information content (AvgIpc) is 3.32. The first-order chi connectivity index (χ1) is 14.6. The largest absolute Gasteiger partial charge is 0.493 e. The van der Waals surface area contributed by atoms with E-state index in [0.717, 1.165) is 24.8 Å². The highest BCUT2D eigenvalue weighted by molar-refractivity contribution is 5.94. The van der Waals surface area contributed by atoms with Crippen LogP contribution in [0.4, 0.5) is 0 Å². The summed E-state index contributed by atoms with van der Waals surface area (Å²) in [5, 5.41) is 0. The number of carbonyl (C=O) groups excluding carboxylic acids is 2. The first kappa shape index (κ1) is 20.3. The molecule has 0 N–H and O–H groups in total. The standard InChI is InChI=1S/C23H28N2O5/c1-28-20-5-3-16(13-21(20)29-2)7-11-25-19-8-10-24(14-17(19)4-6-22(25)26)23(27)18-9-12-30-15-18/h3,5,9,12-13,15,17,19H,4,6-8,10-11,14H2,1-2H3/t17-,19+/m0/s1. The smallest absolute Gasteiger partial charge is 0.257 e. The van der Waals surface area contributed by atoms with Gasteiger partial charge >= 0.3 is 0 Å². The maximum Gasteiger partial charge on any atom is 0.257 e. The van der Waals surface area contributed by atoms with Crippen molar-refractivity contribution in [2.24, 2.45) is 5.92 Å². The number of likely N-dealkylation sites (tertiary alicyclic amines) is 2. The van der Waals surface area contributed by atoms with Crippen molar-refractivity contribution in [1.82, 2.24) is 9.80 Å². The molecule has 30 heavy (non-hydrogen) atoms. The number of hydrogen-bond acceptors (Lipinski definition) is 5. The number of furan rings is 1. The molecular formula is C23H28N2O5. The molecule has 1 aromatic heterocycles. The quantitative estimate of drug-likeness (QED) is 0.729. The van der Waals surface area contributed by atoms with Crippen LogP contribution in [0.25, 0.3) is 0 Å². The van der Waals surface area contributed by atoms with Gasteiger partial charge in [-0.1, -0.05) is 6.07 Å². The van der Waals surface area contributed by atoms with Gasteiger partial charge in [-0.05, 0) is 48.9 Å². The minimum atomic E-state index is 0.0102. The summed E-state index contributed by atoms with van der Waals surface area (Å²) in [6, 6.07) is 7.78. The molecule has 0 spiro atoms. The van der Waals surface area contributed by atoms with E-state index in [9.17, 15) is 9.59 Å². The second-order valence-electron chi connectivity index (χ2n) is 7.94. The lowest BCUT2D eigenvalue weighted by atomic mass is 9.83. The van der Waals surface area contributed by atoms with E-state index in [-0.39, 0.29) is 17.9 Å². The van der Waals surface area contributed by atoms with E-state index in [2.05, 4.69) is 0 Å². The first-order valence-corrected chi connectivity index (χ1v) is 10.4. The molecule has 7 nitrogen and oxygen atoms in total. The summed E-state index contributed by atoms with van der Waals surface area (Å²) in [4.78, 5) is 29.3. The summed E-state index contributed by atoms with van der Waals surface area (Å²) >= 11 is 0. The van der Waals surface area contributed by atoms with E-state index in [4.69, 9.17) is 13.9 Å². The Morgan fingerprint density at radius 2 is 2.00 bits per heavy atom. The molecule has 4 rings (SSSR count). The van der Waals surface area contributed by atoms with Gasteiger partial charge in [-0.2, -0.15) is 0 Å². The van der Waals surface area contributed by atoms with Crippen molar-refractivity contribution in [2.75, 3.05) is 33.9 Å². The number of ether oxygens (including phenoxy) is 2. The zero-order chi connectivity index (χ0) is 21.1. The zero-order valence-electron chi connectivity index (χ0n) is 17.5. The summed E-state index contributed by atoms with van der Waals surface area (Å²) in [5.74, 6) is 1.94. The highest BCUT2D eigenvalue weighted by Gasteiger charge is 2.40. The van der Waals surface area contributed by atoms with Gasteiger partial charge in [-0.15, -0.1) is 0 Å². The molecule has 7 heteroatoms. The number of benzene rings is 1. The van der Waals surface area contributed by atoms with Gasteiger partial charge in [0, 0.05) is 32.1 Å². The Balaban J connectivity index is 1.41. The fraction of sp³-hybridized carbons (Fsp3) is 0.478. The van der Waals surface area contributed by atoms with Gasteiger partial charge in [0.2, 0.25) is 5.91 Å². The van der Waals surface area contributed by atoms with Gasteiger partial charge < -0.3 is 23.7 Å². The minimum Gasteiger partial charge on any atom is -0.493 e. The Kier molecular flexibility index (Phi) is 5.97. The van der Waals surface area contributed by atoms with Crippen molar-refractivity contribution in [3.63, 3.8) is 0 Å². The van der Waals surface area contributed by atoms with Gasteiger partial charge in [0.05, 0.1) is 26.0 Å². The van der Waals surface area contributed by atoms with E-state index in [1.807, 2.05) is 28.0 Å². The highest BCUT2D eigenvalue weighted by Crippen LogP contribution is 2.33. The van der Waals surface area contributed by atoms with Crippen LogP contribution >= 0.6 is 0 Å². The van der Waals surface area contributed by atoms with Crippen LogP contribution in [-0.2, 0) is 11.2 Å². The van der Waals surface area contributed by atoms with Crippen LogP contribution in [0.15, 0.2) is 41.2 Å². The Morgan fingerprint density at radius 1 is 1.17 bits per heavy atom. The molecule has 2 aliphatic heterocycles. The lowest BCUT2D eigenvalue weighted by molar-refractivity contribution is -0.140. The Morgan fingerprint density at radius 3 is 2.73 bits per heavy atom. The fourth-order valence-electron chi connectivity index (χ4n) is 4.68. The third kappa shape index (κ3) is 4.01. The van der Waals surface area contributed by atoms with Crippen LogP contribution < -0.4 is 9.47 Å². The van der Waals surface area contributed by atoms with Gasteiger partial charge in [0.1, 0.15) is 6.26 Å². The topological polar surface area (TPSA) is 72.2 Å². The van der Waals surface area contributed by atoms with Crippen LogP contribution in [0, 0.1) is 5.92 Å². The van der Waals surface area contributed by atoms with Crippen LogP contribution in [0.3, 0.4) is 0 Å². The van der Waals surface area contributed by atoms with E-state index in [1.54, 1.807) is 20.3 Å². The number of methoxy groups -OCH3 is 2. The van der Waals surface area contributed by atoms with E-state index in [1.165, 1.54) is 12.5 Å². The molecule has 2 atom stereocenters. The van der Waals surface area contributed by atoms with Crippen molar-refractivity contribution >= 4 is 11.8 Å². The number of piperidine rings is 2. The summed E-state index contributed by atoms with van der Waals surface area (Å²) in [6.45, 7) is 2.02. The Labute approximate surface area is 176 Å². The van der Waals surface area contributed by atoms with Crippen LogP contribution in [0.1, 0.15) is 35.2 Å². The normalized spacial score (nSPS) is 21.3. The lowest BCUT2D eigenvalue weighted by Gasteiger charge is -2.47. The molecule has 0 unspecified atom stereocenters. The van der Waals surface area contributed by atoms with Gasteiger partial charge in [0.15, 0.2) is 11.5 Å². The monoisotopic (exact) mass is 412 g/mol. The SMILES string of the molecule is COc1ccc(CCN2C(=O)CC[C@H]3CN(C(=O)c4ccoc4)CC[C@H]32)cc1OC. The van der Waals surface area contributed by atoms with Gasteiger partial charge in [0.25, 0.3) is 5.91 Å². The summed E-state index contributed by atoms with van der Waals surface area (Å²) in [6.07, 6.45) is 5.97. The van der Waals surface area contributed by atoms with Crippen molar-refractivity contribution in [3.8, 4) is 11.5 Å². The number of carbonyl (C=O) groups is 2. The van der Waals surface area contributed by atoms with Crippen LogP contribution in [-0.4, -0.2) is 61.5 Å². The molecular weight excluding hydrogens is 384 g/mol. The molecule has 0 aliphatic carbocycles. The number of nitrogens with zero attached hydrogens (tertiary/aromatic N) is 2. The first-order valence-electron chi connectivity index (χ1n) is 10.4. The average molecular weight is 412 g/mol. The van der Waals surface area contributed by atoms with E-state index >= 15 is 0 Å². The lowest BCUT2D eigenvalue weighted by Crippen LogP contribution is -2.57. The number of rotatable bonds is 6. The Hall–Kier alpha value is -2.96. The zero-order valence-corrected chi connectivity index (χ0v) is 17.5. The second kappa shape index (κ2) is 8.81. The summed E-state index contributed by atoms with van der Waals surface area (Å²) < 4.78 is 15.7. The summed E-state index contributed by atoms with van der Waals surface area (Å²) in [7, 11) is 3.24. The highest BCUT2D eigenvalue weighted by atomic mass is 16.5. The summed E-state index contributed by atoms with van der Waals surface area (Å²) in [5.41, 5.74) is 1.70. The molecule has 2 fully saturated rings. The van der Waals surface area contributed by atoms with Crippen molar-refractivity contribution in [2.45, 2.75) is 31.7 Å². The van der Waals surface area contributed by atoms with Crippen molar-refractivity contribution < 1.29 is 23.5 Å². The van der Waals surface area contributed by atoms with E-state index in [0.29, 0.717) is 49.0 Å². The molecule has 2 aliphatic rings. The second-order valence-corrected chi connectivity index (χ2v) is 7.94. The van der Waals surface area contributed by atoms with Crippen LogP contribution in [0.2, 0.25) is 0 Å². The molecule has 2 aromatic rings. The number of amides is 2. The predicted octanol–water partition coefficient (Wildman–Crippen LogP) is 2.99. The Bertz CT molecular complexity index is 895. The third-order valence-electron chi connectivity index (χ3n) is 6.29. The van der Waals surface area contributed by atoms with Crippen molar-refractivity contribution in [3.05, 3.63) is 47.9 Å². The minimum absolute atomic E-state index is 0.0102. The molecule has 1 aromatic carbocycles. The molecule has 0 saturated carbocycles. The van der Waals surface area contributed by atoms with Crippen molar-refractivity contribution in [1.29, 1.82) is 0 Å². The maximum absolute atomic E-state index is 12.7. The molecule has 2 saturated heterocycles. The fourth-order valence-corrected chi connectivity index (χ4v) is 4.68.